The summed E-state index contributed by atoms with van der Waals surface area (Å²) in [6, 6.07) is 4.64. The van der Waals surface area contributed by atoms with Crippen molar-refractivity contribution < 1.29 is 9.18 Å². The number of nitrogens with zero attached hydrogens (tertiary/aromatic N) is 1. The second-order valence-electron chi connectivity index (χ2n) is 4.42. The molecule has 1 aliphatic rings. The minimum atomic E-state index is -0.309. The minimum absolute atomic E-state index is 0.0785. The predicted octanol–water partition coefficient (Wildman–Crippen LogP) is 1.56. The first kappa shape index (κ1) is 12.2. The van der Waals surface area contributed by atoms with Crippen LogP contribution in [0.5, 0.6) is 0 Å². The summed E-state index contributed by atoms with van der Waals surface area (Å²) in [5, 5.41) is 0. The average molecular weight is 236 g/mol. The molecule has 0 saturated carbocycles. The van der Waals surface area contributed by atoms with Crippen molar-refractivity contribution in [2.45, 2.75) is 19.4 Å². The molecule has 1 aromatic rings. The molecule has 0 atom stereocenters. The van der Waals surface area contributed by atoms with Crippen LogP contribution in [0.25, 0.3) is 0 Å². The highest BCUT2D eigenvalue weighted by atomic mass is 19.1. The Morgan fingerprint density at radius 2 is 2.06 bits per heavy atom. The van der Waals surface area contributed by atoms with Crippen molar-refractivity contribution in [3.63, 3.8) is 0 Å². The van der Waals surface area contributed by atoms with Gasteiger partial charge in [-0.25, -0.2) is 4.39 Å². The Labute approximate surface area is 100 Å². The summed E-state index contributed by atoms with van der Waals surface area (Å²) in [6.07, 6.45) is 2.37. The van der Waals surface area contributed by atoms with Crippen LogP contribution in [-0.2, 0) is 6.54 Å². The molecule has 0 spiro atoms. The van der Waals surface area contributed by atoms with Crippen molar-refractivity contribution in [2.75, 3.05) is 19.6 Å². The molecule has 0 amide bonds. The Bertz CT molecular complexity index is 414. The smallest absolute Gasteiger partial charge is 0.176 e. The van der Waals surface area contributed by atoms with E-state index in [1.54, 1.807) is 12.1 Å². The number of carbonyl (C=O) groups excluding carboxylic acids is 1. The highest BCUT2D eigenvalue weighted by Crippen LogP contribution is 2.16. The second kappa shape index (κ2) is 5.38. The number of halogens is 1. The van der Waals surface area contributed by atoms with Crippen LogP contribution in [0.15, 0.2) is 18.2 Å². The maximum absolute atomic E-state index is 13.8. The summed E-state index contributed by atoms with van der Waals surface area (Å²) in [4.78, 5) is 13.5. The zero-order valence-corrected chi connectivity index (χ0v) is 9.79. The van der Waals surface area contributed by atoms with E-state index in [4.69, 9.17) is 5.73 Å². The summed E-state index contributed by atoms with van der Waals surface area (Å²) in [5.41, 5.74) is 6.25. The number of carbonyl (C=O) groups is 1. The molecule has 92 valence electrons. The third-order valence-electron chi connectivity index (χ3n) is 3.15. The predicted molar refractivity (Wildman–Crippen MR) is 64.3 cm³/mol. The van der Waals surface area contributed by atoms with E-state index in [0.717, 1.165) is 13.1 Å². The standard InChI is InChI=1S/C13H17FN2O/c14-12-7-10(13(17)8-15)3-4-11(12)9-16-5-1-2-6-16/h3-4,7H,1-2,5-6,8-9,15H2. The van der Waals surface area contributed by atoms with Gasteiger partial charge >= 0.3 is 0 Å². The normalized spacial score (nSPS) is 16.4. The SMILES string of the molecule is NCC(=O)c1ccc(CN2CCCC2)c(F)c1. The first-order valence-corrected chi connectivity index (χ1v) is 5.95. The summed E-state index contributed by atoms with van der Waals surface area (Å²) in [6.45, 7) is 2.61. The zero-order valence-electron chi connectivity index (χ0n) is 9.79. The van der Waals surface area contributed by atoms with Crippen LogP contribution in [0.3, 0.4) is 0 Å². The molecule has 4 heteroatoms. The number of likely N-dealkylation sites (tertiary alicyclic amines) is 1. The van der Waals surface area contributed by atoms with Crippen LogP contribution in [0.1, 0.15) is 28.8 Å². The van der Waals surface area contributed by atoms with Crippen LogP contribution in [0.4, 0.5) is 4.39 Å². The first-order valence-electron chi connectivity index (χ1n) is 5.95. The van der Waals surface area contributed by atoms with Gasteiger partial charge in [0, 0.05) is 17.7 Å². The summed E-state index contributed by atoms with van der Waals surface area (Å²) < 4.78 is 13.8. The van der Waals surface area contributed by atoms with Crippen molar-refractivity contribution in [3.8, 4) is 0 Å². The van der Waals surface area contributed by atoms with E-state index in [2.05, 4.69) is 4.90 Å². The van der Waals surface area contributed by atoms with E-state index in [9.17, 15) is 9.18 Å². The average Bonchev–Trinajstić information content (AvgIpc) is 2.83. The molecular weight excluding hydrogens is 219 g/mol. The quantitative estimate of drug-likeness (QED) is 0.807. The molecule has 0 aromatic heterocycles. The zero-order chi connectivity index (χ0) is 12.3. The van der Waals surface area contributed by atoms with Gasteiger partial charge in [0.25, 0.3) is 0 Å². The molecule has 2 rings (SSSR count). The molecule has 1 saturated heterocycles. The van der Waals surface area contributed by atoms with Gasteiger partial charge in [-0.1, -0.05) is 12.1 Å². The lowest BCUT2D eigenvalue weighted by atomic mass is 10.1. The van der Waals surface area contributed by atoms with E-state index >= 15 is 0 Å². The van der Waals surface area contributed by atoms with Gasteiger partial charge in [-0.3, -0.25) is 9.69 Å². The number of ketones is 1. The lowest BCUT2D eigenvalue weighted by molar-refractivity contribution is 0.100. The third-order valence-corrected chi connectivity index (χ3v) is 3.15. The number of nitrogens with two attached hydrogens (primary N) is 1. The molecule has 2 N–H and O–H groups in total. The second-order valence-corrected chi connectivity index (χ2v) is 4.42. The highest BCUT2D eigenvalue weighted by Gasteiger charge is 2.15. The number of benzene rings is 1. The minimum Gasteiger partial charge on any atom is -0.324 e. The van der Waals surface area contributed by atoms with Gasteiger partial charge in [0.05, 0.1) is 6.54 Å². The Kier molecular flexibility index (Phi) is 3.86. The molecule has 0 bridgehead atoms. The molecule has 0 aliphatic carbocycles. The Hall–Kier alpha value is -1.26. The molecule has 1 heterocycles. The summed E-state index contributed by atoms with van der Waals surface area (Å²) in [7, 11) is 0. The number of Topliss-reactive ketones (excluding diaryl/α,β-unsaturated/α-hetero) is 1. The molecule has 1 fully saturated rings. The fraction of sp³-hybridized carbons (Fsp3) is 0.462. The Morgan fingerprint density at radius 3 is 2.65 bits per heavy atom. The number of hydrogen-bond acceptors (Lipinski definition) is 3. The van der Waals surface area contributed by atoms with Crippen molar-refractivity contribution in [2.24, 2.45) is 5.73 Å². The van der Waals surface area contributed by atoms with Gasteiger partial charge in [0.2, 0.25) is 0 Å². The van der Waals surface area contributed by atoms with Crippen LogP contribution >= 0.6 is 0 Å². The van der Waals surface area contributed by atoms with Gasteiger partial charge in [-0.15, -0.1) is 0 Å². The number of hydrogen-bond donors (Lipinski definition) is 1. The Morgan fingerprint density at radius 1 is 1.35 bits per heavy atom. The molecule has 1 aromatic carbocycles. The lowest BCUT2D eigenvalue weighted by Gasteiger charge is -2.15. The van der Waals surface area contributed by atoms with Crippen molar-refractivity contribution in [3.05, 3.63) is 35.1 Å². The molecule has 0 radical (unpaired) electrons. The molecular formula is C13H17FN2O. The molecule has 3 nitrogen and oxygen atoms in total. The maximum atomic E-state index is 13.8. The van der Waals surface area contributed by atoms with Gasteiger partial charge in [0.1, 0.15) is 5.82 Å². The monoisotopic (exact) mass is 236 g/mol. The van der Waals surface area contributed by atoms with E-state index in [-0.39, 0.29) is 18.1 Å². The van der Waals surface area contributed by atoms with Gasteiger partial charge in [-0.05, 0) is 32.0 Å². The van der Waals surface area contributed by atoms with Crippen molar-refractivity contribution in [1.82, 2.24) is 4.90 Å². The van der Waals surface area contributed by atoms with Gasteiger partial charge in [-0.2, -0.15) is 0 Å². The molecule has 1 aliphatic heterocycles. The van der Waals surface area contributed by atoms with Crippen LogP contribution in [-0.4, -0.2) is 30.3 Å². The third kappa shape index (κ3) is 2.90. The summed E-state index contributed by atoms with van der Waals surface area (Å²) >= 11 is 0. The largest absolute Gasteiger partial charge is 0.324 e. The Balaban J connectivity index is 2.10. The molecule has 17 heavy (non-hydrogen) atoms. The molecule has 0 unspecified atom stereocenters. The maximum Gasteiger partial charge on any atom is 0.176 e. The summed E-state index contributed by atoms with van der Waals surface area (Å²) in [5.74, 6) is -0.534. The van der Waals surface area contributed by atoms with Crippen molar-refractivity contribution >= 4 is 5.78 Å². The van der Waals surface area contributed by atoms with Crippen LogP contribution in [0.2, 0.25) is 0 Å². The van der Waals surface area contributed by atoms with Crippen molar-refractivity contribution in [1.29, 1.82) is 0 Å². The first-order chi connectivity index (χ1) is 8.20. The van der Waals surface area contributed by atoms with Crippen LogP contribution < -0.4 is 5.73 Å². The van der Waals surface area contributed by atoms with Crippen LogP contribution in [0, 0.1) is 5.82 Å². The van der Waals surface area contributed by atoms with E-state index in [1.165, 1.54) is 18.9 Å². The van der Waals surface area contributed by atoms with E-state index in [1.807, 2.05) is 0 Å². The van der Waals surface area contributed by atoms with E-state index in [0.29, 0.717) is 17.7 Å². The number of rotatable bonds is 4. The van der Waals surface area contributed by atoms with Gasteiger partial charge in [0.15, 0.2) is 5.78 Å². The topological polar surface area (TPSA) is 46.3 Å². The lowest BCUT2D eigenvalue weighted by Crippen LogP contribution is -2.19. The fourth-order valence-electron chi connectivity index (χ4n) is 2.15. The van der Waals surface area contributed by atoms with E-state index < -0.39 is 0 Å². The highest BCUT2D eigenvalue weighted by molar-refractivity contribution is 5.97. The fourth-order valence-corrected chi connectivity index (χ4v) is 2.15. The van der Waals surface area contributed by atoms with Gasteiger partial charge < -0.3 is 5.73 Å².